The maximum Gasteiger partial charge on any atom is 0.152 e. The first-order valence-electron chi connectivity index (χ1n) is 5.02. The quantitative estimate of drug-likeness (QED) is 0.619. The van der Waals surface area contributed by atoms with Gasteiger partial charge in [0.05, 0.1) is 0 Å². The van der Waals surface area contributed by atoms with E-state index < -0.39 is 0 Å². The summed E-state index contributed by atoms with van der Waals surface area (Å²) in [5.41, 5.74) is 0. The minimum atomic E-state index is 0.156. The van der Waals surface area contributed by atoms with Crippen molar-refractivity contribution in [2.45, 2.75) is 33.2 Å². The first-order chi connectivity index (χ1) is 6.09. The fourth-order valence-electron chi connectivity index (χ4n) is 1.71. The van der Waals surface area contributed by atoms with Crippen LogP contribution in [0, 0.1) is 5.92 Å². The number of hydrogen-bond acceptors (Lipinski definition) is 2. The summed E-state index contributed by atoms with van der Waals surface area (Å²) in [6, 6.07) is 0.635. The summed E-state index contributed by atoms with van der Waals surface area (Å²) < 4.78 is 0. The number of carbonyl (C=O) groups excluding carboxylic acids is 1. The minimum Gasteiger partial charge on any atom is -0.300 e. The lowest BCUT2D eigenvalue weighted by atomic mass is 10.1. The zero-order chi connectivity index (χ0) is 9.84. The average molecular weight is 181 g/mol. The number of rotatable bonds is 3. The summed E-state index contributed by atoms with van der Waals surface area (Å²) in [6.45, 7) is 8.33. The maximum atomic E-state index is 10.7. The summed E-state index contributed by atoms with van der Waals surface area (Å²) >= 11 is 0. The summed E-state index contributed by atoms with van der Waals surface area (Å²) in [7, 11) is 0. The van der Waals surface area contributed by atoms with Crippen LogP contribution in [-0.4, -0.2) is 29.8 Å². The van der Waals surface area contributed by atoms with Gasteiger partial charge in [-0.25, -0.2) is 0 Å². The Balaban J connectivity index is 2.37. The molecular formula is C11H19NO. The van der Waals surface area contributed by atoms with Gasteiger partial charge in [0, 0.05) is 12.6 Å². The van der Waals surface area contributed by atoms with Gasteiger partial charge in [-0.1, -0.05) is 6.08 Å². The van der Waals surface area contributed by atoms with E-state index in [9.17, 15) is 4.79 Å². The Labute approximate surface area is 80.6 Å². The molecule has 1 aliphatic heterocycles. The third-order valence-electron chi connectivity index (χ3n) is 2.59. The van der Waals surface area contributed by atoms with E-state index in [1.807, 2.05) is 0 Å². The van der Waals surface area contributed by atoms with Crippen molar-refractivity contribution in [1.29, 1.82) is 0 Å². The largest absolute Gasteiger partial charge is 0.300 e. The second-order valence-corrected chi connectivity index (χ2v) is 4.11. The van der Waals surface area contributed by atoms with Gasteiger partial charge in [0.1, 0.15) is 0 Å². The van der Waals surface area contributed by atoms with Crippen molar-refractivity contribution in [3.63, 3.8) is 0 Å². The molecule has 0 saturated carbocycles. The highest BCUT2D eigenvalue weighted by Gasteiger charge is 2.21. The first kappa shape index (κ1) is 10.5. The van der Waals surface area contributed by atoms with Crippen molar-refractivity contribution in [1.82, 2.24) is 4.90 Å². The number of hydrogen-bond donors (Lipinski definition) is 0. The molecule has 0 N–H and O–H groups in total. The van der Waals surface area contributed by atoms with Crippen molar-refractivity contribution in [3.8, 4) is 0 Å². The van der Waals surface area contributed by atoms with Crippen molar-refractivity contribution in [3.05, 3.63) is 12.2 Å². The van der Waals surface area contributed by atoms with Crippen LogP contribution in [0.25, 0.3) is 0 Å². The molecule has 74 valence electrons. The zero-order valence-electron chi connectivity index (χ0n) is 8.79. The molecule has 0 radical (unpaired) electrons. The van der Waals surface area contributed by atoms with Crippen molar-refractivity contribution in [2.24, 2.45) is 5.92 Å². The fourth-order valence-corrected chi connectivity index (χ4v) is 1.71. The lowest BCUT2D eigenvalue weighted by Gasteiger charge is -2.19. The highest BCUT2D eigenvalue weighted by Crippen LogP contribution is 2.19. The molecule has 0 bridgehead atoms. The Hall–Kier alpha value is -0.630. The number of nitrogens with zero attached hydrogens (tertiary/aromatic N) is 1. The maximum absolute atomic E-state index is 10.7. The van der Waals surface area contributed by atoms with Gasteiger partial charge in [0.25, 0.3) is 0 Å². The highest BCUT2D eigenvalue weighted by molar-refractivity contribution is 5.87. The van der Waals surface area contributed by atoms with Crippen LogP contribution in [0.1, 0.15) is 27.2 Å². The SMILES string of the molecule is CC(=O)/C=C/C1CCN(C(C)C)C1. The van der Waals surface area contributed by atoms with Gasteiger partial charge < -0.3 is 4.90 Å². The van der Waals surface area contributed by atoms with E-state index in [-0.39, 0.29) is 5.78 Å². The molecule has 2 nitrogen and oxygen atoms in total. The molecule has 0 amide bonds. The molecule has 1 unspecified atom stereocenters. The molecule has 0 aliphatic carbocycles. The van der Waals surface area contributed by atoms with Crippen LogP contribution in [-0.2, 0) is 4.79 Å². The topological polar surface area (TPSA) is 20.3 Å². The minimum absolute atomic E-state index is 0.156. The number of carbonyl (C=O) groups is 1. The third kappa shape index (κ3) is 3.31. The Morgan fingerprint density at radius 3 is 2.69 bits per heavy atom. The average Bonchev–Trinajstić information content (AvgIpc) is 2.48. The molecule has 1 atom stereocenters. The number of ketones is 1. The Morgan fingerprint density at radius 1 is 1.54 bits per heavy atom. The van der Waals surface area contributed by atoms with Gasteiger partial charge in [0.15, 0.2) is 5.78 Å². The van der Waals surface area contributed by atoms with E-state index in [1.165, 1.54) is 13.0 Å². The molecule has 13 heavy (non-hydrogen) atoms. The Bertz CT molecular complexity index is 208. The molecule has 0 aromatic carbocycles. The lowest BCUT2D eigenvalue weighted by molar-refractivity contribution is -0.112. The molecule has 0 aromatic rings. The van der Waals surface area contributed by atoms with Crippen molar-refractivity contribution in [2.75, 3.05) is 13.1 Å². The molecule has 1 saturated heterocycles. The number of likely N-dealkylation sites (tertiary alicyclic amines) is 1. The predicted molar refractivity (Wildman–Crippen MR) is 54.6 cm³/mol. The Kier molecular flexibility index (Phi) is 3.67. The lowest BCUT2D eigenvalue weighted by Crippen LogP contribution is -2.27. The van der Waals surface area contributed by atoms with Gasteiger partial charge in [-0.2, -0.15) is 0 Å². The van der Waals surface area contributed by atoms with Gasteiger partial charge in [0.2, 0.25) is 0 Å². The highest BCUT2D eigenvalue weighted by atomic mass is 16.1. The molecule has 0 spiro atoms. The summed E-state index contributed by atoms with van der Waals surface area (Å²) in [5.74, 6) is 0.745. The molecule has 0 aromatic heterocycles. The van der Waals surface area contributed by atoms with Crippen LogP contribution in [0.4, 0.5) is 0 Å². The molecule has 2 heteroatoms. The van der Waals surface area contributed by atoms with Crippen LogP contribution in [0.2, 0.25) is 0 Å². The third-order valence-corrected chi connectivity index (χ3v) is 2.59. The van der Waals surface area contributed by atoms with Crippen LogP contribution < -0.4 is 0 Å². The summed E-state index contributed by atoms with van der Waals surface area (Å²) in [5, 5.41) is 0. The molecule has 1 rings (SSSR count). The predicted octanol–water partition coefficient (Wildman–Crippen LogP) is 1.86. The van der Waals surface area contributed by atoms with E-state index in [2.05, 4.69) is 24.8 Å². The second kappa shape index (κ2) is 4.56. The van der Waals surface area contributed by atoms with E-state index in [0.717, 1.165) is 6.54 Å². The van der Waals surface area contributed by atoms with Gasteiger partial charge in [-0.15, -0.1) is 0 Å². The summed E-state index contributed by atoms with van der Waals surface area (Å²) in [6.07, 6.45) is 4.96. The second-order valence-electron chi connectivity index (χ2n) is 4.11. The van der Waals surface area contributed by atoms with Crippen LogP contribution in [0.15, 0.2) is 12.2 Å². The van der Waals surface area contributed by atoms with Crippen LogP contribution in [0.5, 0.6) is 0 Å². The molecule has 1 aliphatic rings. The van der Waals surface area contributed by atoms with Crippen molar-refractivity contribution < 1.29 is 4.79 Å². The van der Waals surface area contributed by atoms with Gasteiger partial charge in [-0.05, 0) is 45.7 Å². The monoisotopic (exact) mass is 181 g/mol. The smallest absolute Gasteiger partial charge is 0.152 e. The number of allylic oxidation sites excluding steroid dienone is 1. The van der Waals surface area contributed by atoms with Crippen molar-refractivity contribution >= 4 is 5.78 Å². The standard InChI is InChI=1S/C11H19NO/c1-9(2)12-7-6-11(8-12)5-4-10(3)13/h4-5,9,11H,6-8H2,1-3H3/b5-4+. The van der Waals surface area contributed by atoms with Crippen LogP contribution >= 0.6 is 0 Å². The molecule has 1 fully saturated rings. The van der Waals surface area contributed by atoms with Gasteiger partial charge in [-0.3, -0.25) is 4.79 Å². The molecular weight excluding hydrogens is 162 g/mol. The summed E-state index contributed by atoms with van der Waals surface area (Å²) in [4.78, 5) is 13.2. The fraction of sp³-hybridized carbons (Fsp3) is 0.727. The molecule has 1 heterocycles. The first-order valence-corrected chi connectivity index (χ1v) is 5.02. The van der Waals surface area contributed by atoms with Crippen LogP contribution in [0.3, 0.4) is 0 Å². The Morgan fingerprint density at radius 2 is 2.23 bits per heavy atom. The normalized spacial score (nSPS) is 24.8. The van der Waals surface area contributed by atoms with E-state index in [0.29, 0.717) is 12.0 Å². The van der Waals surface area contributed by atoms with E-state index in [4.69, 9.17) is 0 Å². The zero-order valence-corrected chi connectivity index (χ0v) is 8.79. The van der Waals surface area contributed by atoms with E-state index >= 15 is 0 Å². The van der Waals surface area contributed by atoms with Gasteiger partial charge >= 0.3 is 0 Å². The van der Waals surface area contributed by atoms with E-state index in [1.54, 1.807) is 13.0 Å².